The quantitative estimate of drug-likeness (QED) is 0.702. The van der Waals surface area contributed by atoms with Gasteiger partial charge in [-0.3, -0.25) is 0 Å². The Bertz CT molecular complexity index is 280. The highest BCUT2D eigenvalue weighted by Crippen LogP contribution is 2.19. The summed E-state index contributed by atoms with van der Waals surface area (Å²) in [5.41, 5.74) is 1.28. The summed E-state index contributed by atoms with van der Waals surface area (Å²) in [7, 11) is 0. The first-order valence-corrected chi connectivity index (χ1v) is 5.40. The minimum Gasteiger partial charge on any atom is -0.381 e. The lowest BCUT2D eigenvalue weighted by molar-refractivity contribution is 0.0665. The molecule has 0 radical (unpaired) electrons. The molecule has 0 amide bonds. The molecule has 1 fully saturated rings. The lowest BCUT2D eigenvalue weighted by Crippen LogP contribution is -2.17. The van der Waals surface area contributed by atoms with Crippen LogP contribution in [-0.4, -0.2) is 18.2 Å². The summed E-state index contributed by atoms with van der Waals surface area (Å²) >= 11 is 5.72. The van der Waals surface area contributed by atoms with Gasteiger partial charge in [-0.2, -0.15) is 0 Å². The normalized spacial score (nSPS) is 18.4. The van der Waals surface area contributed by atoms with Gasteiger partial charge < -0.3 is 4.74 Å². The Morgan fingerprint density at radius 3 is 2.79 bits per heavy atom. The molecule has 1 aromatic heterocycles. The van der Waals surface area contributed by atoms with Gasteiger partial charge >= 0.3 is 0 Å². The maximum atomic E-state index is 5.72. The highest BCUT2D eigenvalue weighted by molar-refractivity contribution is 6.29. The first-order chi connectivity index (χ1) is 6.84. The predicted octanol–water partition coefficient (Wildman–Crippen LogP) is 2.70. The van der Waals surface area contributed by atoms with Gasteiger partial charge in [0.15, 0.2) is 0 Å². The summed E-state index contributed by atoms with van der Waals surface area (Å²) < 4.78 is 5.32. The molecule has 0 aromatic carbocycles. The van der Waals surface area contributed by atoms with E-state index in [-0.39, 0.29) is 0 Å². The molecule has 76 valence electrons. The van der Waals surface area contributed by atoms with Gasteiger partial charge in [0.25, 0.3) is 0 Å². The molecule has 0 aliphatic carbocycles. The first kappa shape index (κ1) is 9.94. The molecule has 2 nitrogen and oxygen atoms in total. The predicted molar refractivity (Wildman–Crippen MR) is 56.5 cm³/mol. The lowest BCUT2D eigenvalue weighted by atomic mass is 9.93. The second-order valence-electron chi connectivity index (χ2n) is 3.75. The molecule has 0 spiro atoms. The third kappa shape index (κ3) is 2.69. The van der Waals surface area contributed by atoms with Crippen LogP contribution < -0.4 is 0 Å². The van der Waals surface area contributed by atoms with Crippen molar-refractivity contribution in [3.05, 3.63) is 29.0 Å². The average molecular weight is 212 g/mol. The standard InChI is InChI=1S/C11H14ClNO/c12-11-2-1-10(8-13-11)7-9-3-5-14-6-4-9/h1-2,8-9H,3-7H2. The summed E-state index contributed by atoms with van der Waals surface area (Å²) in [4.78, 5) is 4.08. The average Bonchev–Trinajstić information content (AvgIpc) is 2.23. The van der Waals surface area contributed by atoms with Crippen molar-refractivity contribution in [3.63, 3.8) is 0 Å². The van der Waals surface area contributed by atoms with Crippen LogP contribution in [0.2, 0.25) is 5.15 Å². The van der Waals surface area contributed by atoms with Crippen LogP contribution in [0.15, 0.2) is 18.3 Å². The van der Waals surface area contributed by atoms with Crippen molar-refractivity contribution in [3.8, 4) is 0 Å². The van der Waals surface area contributed by atoms with E-state index in [1.807, 2.05) is 12.3 Å². The summed E-state index contributed by atoms with van der Waals surface area (Å²) in [6.07, 6.45) is 5.32. The second kappa shape index (κ2) is 4.76. The van der Waals surface area contributed by atoms with Crippen molar-refractivity contribution in [2.75, 3.05) is 13.2 Å². The van der Waals surface area contributed by atoms with E-state index < -0.39 is 0 Å². The van der Waals surface area contributed by atoms with E-state index >= 15 is 0 Å². The fourth-order valence-corrected chi connectivity index (χ4v) is 1.92. The zero-order chi connectivity index (χ0) is 9.80. The summed E-state index contributed by atoms with van der Waals surface area (Å²) in [5, 5.41) is 0.570. The number of nitrogens with zero attached hydrogens (tertiary/aromatic N) is 1. The van der Waals surface area contributed by atoms with Crippen molar-refractivity contribution < 1.29 is 4.74 Å². The molecule has 1 aromatic rings. The van der Waals surface area contributed by atoms with E-state index in [0.717, 1.165) is 25.6 Å². The monoisotopic (exact) mass is 211 g/mol. The van der Waals surface area contributed by atoms with E-state index in [9.17, 15) is 0 Å². The Morgan fingerprint density at radius 1 is 1.36 bits per heavy atom. The molecule has 2 heterocycles. The number of halogens is 1. The van der Waals surface area contributed by atoms with Gasteiger partial charge in [-0.25, -0.2) is 4.98 Å². The van der Waals surface area contributed by atoms with Gasteiger partial charge in [0.2, 0.25) is 0 Å². The maximum absolute atomic E-state index is 5.72. The Kier molecular flexibility index (Phi) is 3.38. The van der Waals surface area contributed by atoms with Gasteiger partial charge in [-0.05, 0) is 36.8 Å². The van der Waals surface area contributed by atoms with Gasteiger partial charge in [-0.15, -0.1) is 0 Å². The summed E-state index contributed by atoms with van der Waals surface area (Å²) in [5.74, 6) is 0.756. The van der Waals surface area contributed by atoms with E-state index in [2.05, 4.69) is 11.1 Å². The number of rotatable bonds is 2. The minimum absolute atomic E-state index is 0.570. The molecular weight excluding hydrogens is 198 g/mol. The Labute approximate surface area is 89.3 Å². The smallest absolute Gasteiger partial charge is 0.129 e. The molecular formula is C11H14ClNO. The Hall–Kier alpha value is -0.600. The molecule has 0 saturated carbocycles. The summed E-state index contributed by atoms with van der Waals surface area (Å²) in [6.45, 7) is 1.82. The van der Waals surface area contributed by atoms with Crippen molar-refractivity contribution in [1.82, 2.24) is 4.98 Å². The second-order valence-corrected chi connectivity index (χ2v) is 4.14. The molecule has 3 heteroatoms. The molecule has 0 unspecified atom stereocenters. The van der Waals surface area contributed by atoms with Crippen molar-refractivity contribution in [2.45, 2.75) is 19.3 Å². The zero-order valence-electron chi connectivity index (χ0n) is 8.08. The van der Waals surface area contributed by atoms with Crippen molar-refractivity contribution in [2.24, 2.45) is 5.92 Å². The Balaban J connectivity index is 1.92. The molecule has 0 atom stereocenters. The van der Waals surface area contributed by atoms with Gasteiger partial charge in [-0.1, -0.05) is 17.7 Å². The maximum Gasteiger partial charge on any atom is 0.129 e. The van der Waals surface area contributed by atoms with Gasteiger partial charge in [0.05, 0.1) is 0 Å². The molecule has 1 aliphatic rings. The van der Waals surface area contributed by atoms with Crippen LogP contribution in [0.1, 0.15) is 18.4 Å². The highest BCUT2D eigenvalue weighted by Gasteiger charge is 2.14. The fraction of sp³-hybridized carbons (Fsp3) is 0.545. The molecule has 2 rings (SSSR count). The highest BCUT2D eigenvalue weighted by atomic mass is 35.5. The van der Waals surface area contributed by atoms with Crippen LogP contribution in [0.25, 0.3) is 0 Å². The lowest BCUT2D eigenvalue weighted by Gasteiger charge is -2.21. The van der Waals surface area contributed by atoms with Crippen LogP contribution in [0.5, 0.6) is 0 Å². The van der Waals surface area contributed by atoms with E-state index in [1.165, 1.54) is 18.4 Å². The molecule has 0 bridgehead atoms. The molecule has 1 saturated heterocycles. The largest absolute Gasteiger partial charge is 0.381 e. The molecule has 1 aliphatic heterocycles. The molecule has 14 heavy (non-hydrogen) atoms. The Morgan fingerprint density at radius 2 is 2.14 bits per heavy atom. The first-order valence-electron chi connectivity index (χ1n) is 5.03. The van der Waals surface area contributed by atoms with Crippen LogP contribution in [-0.2, 0) is 11.2 Å². The number of pyridine rings is 1. The summed E-state index contributed by atoms with van der Waals surface area (Å²) in [6, 6.07) is 3.92. The van der Waals surface area contributed by atoms with Crippen LogP contribution in [0.3, 0.4) is 0 Å². The van der Waals surface area contributed by atoms with Crippen LogP contribution >= 0.6 is 11.6 Å². The number of hydrogen-bond acceptors (Lipinski definition) is 2. The van der Waals surface area contributed by atoms with Gasteiger partial charge in [0.1, 0.15) is 5.15 Å². The minimum atomic E-state index is 0.570. The third-order valence-electron chi connectivity index (χ3n) is 2.65. The van der Waals surface area contributed by atoms with E-state index in [1.54, 1.807) is 0 Å². The molecule has 0 N–H and O–H groups in total. The number of ether oxygens (including phenoxy) is 1. The van der Waals surface area contributed by atoms with E-state index in [0.29, 0.717) is 5.15 Å². The topological polar surface area (TPSA) is 22.1 Å². The van der Waals surface area contributed by atoms with Crippen LogP contribution in [0, 0.1) is 5.92 Å². The number of hydrogen-bond donors (Lipinski definition) is 0. The van der Waals surface area contributed by atoms with Gasteiger partial charge in [0, 0.05) is 19.4 Å². The van der Waals surface area contributed by atoms with Crippen molar-refractivity contribution in [1.29, 1.82) is 0 Å². The van der Waals surface area contributed by atoms with Crippen molar-refractivity contribution >= 4 is 11.6 Å². The zero-order valence-corrected chi connectivity index (χ0v) is 8.83. The SMILES string of the molecule is Clc1ccc(CC2CCOCC2)cn1. The van der Waals surface area contributed by atoms with E-state index in [4.69, 9.17) is 16.3 Å². The fourth-order valence-electron chi connectivity index (χ4n) is 1.81. The van der Waals surface area contributed by atoms with Crippen LogP contribution in [0.4, 0.5) is 0 Å². The third-order valence-corrected chi connectivity index (χ3v) is 2.88. The number of aromatic nitrogens is 1.